The van der Waals surface area contributed by atoms with Crippen molar-refractivity contribution in [2.75, 3.05) is 24.6 Å². The van der Waals surface area contributed by atoms with E-state index in [2.05, 4.69) is 15.0 Å². The van der Waals surface area contributed by atoms with Gasteiger partial charge >= 0.3 is 0 Å². The molecule has 0 aliphatic heterocycles. The second-order valence-corrected chi connectivity index (χ2v) is 5.56. The Balaban J connectivity index is 2.60. The van der Waals surface area contributed by atoms with Gasteiger partial charge < -0.3 is 11.1 Å². The fourth-order valence-corrected chi connectivity index (χ4v) is 2.28. The number of hydrogen-bond acceptors (Lipinski definition) is 5. The van der Waals surface area contributed by atoms with Crippen LogP contribution in [0.4, 0.5) is 10.2 Å². The van der Waals surface area contributed by atoms with Crippen LogP contribution in [0.1, 0.15) is 17.3 Å². The number of carbonyl (C=O) groups excluding carboxylic acids is 1. The maximum atomic E-state index is 13.5. The molecule has 0 radical (unpaired) electrons. The number of sulfonamides is 1. The molecule has 0 saturated carbocycles. The van der Waals surface area contributed by atoms with Gasteiger partial charge in [0.2, 0.25) is 10.0 Å². The van der Waals surface area contributed by atoms with Crippen LogP contribution in [0, 0.1) is 5.82 Å². The number of aromatic nitrogens is 1. The summed E-state index contributed by atoms with van der Waals surface area (Å²) in [5, 5.41) is 2.30. The zero-order valence-corrected chi connectivity index (χ0v) is 11.1. The number of amides is 1. The van der Waals surface area contributed by atoms with E-state index in [4.69, 9.17) is 5.73 Å². The Morgan fingerprint density at radius 2 is 2.21 bits per heavy atom. The first-order chi connectivity index (χ1) is 8.87. The van der Waals surface area contributed by atoms with Gasteiger partial charge in [0.1, 0.15) is 0 Å². The molecule has 0 aliphatic rings. The van der Waals surface area contributed by atoms with Crippen molar-refractivity contribution in [2.24, 2.45) is 0 Å². The Kier molecular flexibility index (Phi) is 5.19. The standard InChI is InChI=1S/C10H15FN4O3S/c1-2-15-19(17,18)6-5-14-10(16)7-3-4-13-9(12)8(7)11/h3-4,15H,2,5-6H2,1H3,(H2,12,13)(H,14,16). The minimum Gasteiger partial charge on any atom is -0.381 e. The smallest absolute Gasteiger partial charge is 0.254 e. The first-order valence-electron chi connectivity index (χ1n) is 5.53. The molecule has 1 rings (SSSR count). The van der Waals surface area contributed by atoms with Crippen molar-refractivity contribution in [2.45, 2.75) is 6.92 Å². The average molecular weight is 290 g/mol. The van der Waals surface area contributed by atoms with Crippen LogP contribution >= 0.6 is 0 Å². The molecule has 106 valence electrons. The minimum atomic E-state index is -3.42. The van der Waals surface area contributed by atoms with Gasteiger partial charge in [-0.2, -0.15) is 0 Å². The molecule has 0 aromatic carbocycles. The number of anilines is 1. The summed E-state index contributed by atoms with van der Waals surface area (Å²) in [6, 6.07) is 1.17. The second kappa shape index (κ2) is 6.43. The molecule has 0 aliphatic carbocycles. The summed E-state index contributed by atoms with van der Waals surface area (Å²) in [7, 11) is -3.42. The summed E-state index contributed by atoms with van der Waals surface area (Å²) >= 11 is 0. The third kappa shape index (κ3) is 4.45. The van der Waals surface area contributed by atoms with Crippen molar-refractivity contribution in [3.05, 3.63) is 23.6 Å². The third-order valence-corrected chi connectivity index (χ3v) is 3.65. The molecule has 0 fully saturated rings. The minimum absolute atomic E-state index is 0.129. The zero-order chi connectivity index (χ0) is 14.5. The Morgan fingerprint density at radius 3 is 2.84 bits per heavy atom. The largest absolute Gasteiger partial charge is 0.381 e. The first kappa shape index (κ1) is 15.3. The summed E-state index contributed by atoms with van der Waals surface area (Å²) in [5.74, 6) is -2.32. The van der Waals surface area contributed by atoms with Crippen LogP contribution < -0.4 is 15.8 Å². The summed E-state index contributed by atoms with van der Waals surface area (Å²) in [4.78, 5) is 15.1. The molecule has 19 heavy (non-hydrogen) atoms. The molecule has 1 aromatic heterocycles. The Bertz CT molecular complexity index is 562. The summed E-state index contributed by atoms with van der Waals surface area (Å²) in [5.41, 5.74) is 4.95. The zero-order valence-electron chi connectivity index (χ0n) is 10.3. The Hall–Kier alpha value is -1.74. The van der Waals surface area contributed by atoms with Crippen LogP contribution in [0.2, 0.25) is 0 Å². The highest BCUT2D eigenvalue weighted by Crippen LogP contribution is 2.11. The van der Waals surface area contributed by atoms with Gasteiger partial charge in [-0.1, -0.05) is 6.92 Å². The molecule has 1 aromatic rings. The maximum absolute atomic E-state index is 13.5. The number of nitrogens with zero attached hydrogens (tertiary/aromatic N) is 1. The lowest BCUT2D eigenvalue weighted by Gasteiger charge is -2.07. The molecule has 4 N–H and O–H groups in total. The summed E-state index contributed by atoms with van der Waals surface area (Å²) in [6.07, 6.45) is 1.20. The van der Waals surface area contributed by atoms with E-state index in [-0.39, 0.29) is 30.2 Å². The van der Waals surface area contributed by atoms with E-state index in [0.717, 1.165) is 0 Å². The number of nitrogens with two attached hydrogens (primary N) is 1. The van der Waals surface area contributed by atoms with Gasteiger partial charge in [-0.3, -0.25) is 4.79 Å². The van der Waals surface area contributed by atoms with Crippen molar-refractivity contribution in [3.8, 4) is 0 Å². The molecule has 1 amide bonds. The van der Waals surface area contributed by atoms with E-state index in [1.165, 1.54) is 12.3 Å². The van der Waals surface area contributed by atoms with Crippen LogP contribution in [0.3, 0.4) is 0 Å². The van der Waals surface area contributed by atoms with Gasteiger partial charge in [0.05, 0.1) is 11.3 Å². The van der Waals surface area contributed by atoms with Gasteiger partial charge in [0.15, 0.2) is 11.6 Å². The lowest BCUT2D eigenvalue weighted by atomic mass is 10.2. The lowest BCUT2D eigenvalue weighted by molar-refractivity contribution is 0.0952. The van der Waals surface area contributed by atoms with Crippen LogP contribution in [0.25, 0.3) is 0 Å². The predicted octanol–water partition coefficient (Wildman–Crippen LogP) is -0.528. The molecule has 0 bridgehead atoms. The Morgan fingerprint density at radius 1 is 1.53 bits per heavy atom. The van der Waals surface area contributed by atoms with Gasteiger partial charge in [-0.25, -0.2) is 22.5 Å². The highest BCUT2D eigenvalue weighted by atomic mass is 32.2. The van der Waals surface area contributed by atoms with Crippen LogP contribution in [0.5, 0.6) is 0 Å². The Labute approximate surface area is 110 Å². The fourth-order valence-electron chi connectivity index (χ4n) is 1.32. The number of pyridine rings is 1. The molecule has 7 nitrogen and oxygen atoms in total. The fraction of sp³-hybridized carbons (Fsp3) is 0.400. The highest BCUT2D eigenvalue weighted by Gasteiger charge is 2.15. The topological polar surface area (TPSA) is 114 Å². The summed E-state index contributed by atoms with van der Waals surface area (Å²) < 4.78 is 38.3. The van der Waals surface area contributed by atoms with Crippen molar-refractivity contribution in [3.63, 3.8) is 0 Å². The van der Waals surface area contributed by atoms with Gasteiger partial charge in [-0.15, -0.1) is 0 Å². The number of carbonyl (C=O) groups is 1. The van der Waals surface area contributed by atoms with E-state index in [1.54, 1.807) is 6.92 Å². The molecule has 9 heteroatoms. The third-order valence-electron chi connectivity index (χ3n) is 2.18. The number of hydrogen-bond donors (Lipinski definition) is 3. The van der Waals surface area contributed by atoms with Crippen molar-refractivity contribution < 1.29 is 17.6 Å². The van der Waals surface area contributed by atoms with Crippen LogP contribution in [-0.4, -0.2) is 38.2 Å². The molecule has 0 spiro atoms. The van der Waals surface area contributed by atoms with Crippen molar-refractivity contribution in [1.29, 1.82) is 0 Å². The lowest BCUT2D eigenvalue weighted by Crippen LogP contribution is -2.34. The molecule has 0 saturated heterocycles. The van der Waals surface area contributed by atoms with E-state index >= 15 is 0 Å². The van der Waals surface area contributed by atoms with Gasteiger partial charge in [0.25, 0.3) is 5.91 Å². The van der Waals surface area contributed by atoms with Gasteiger partial charge in [-0.05, 0) is 6.07 Å². The maximum Gasteiger partial charge on any atom is 0.254 e. The summed E-state index contributed by atoms with van der Waals surface area (Å²) in [6.45, 7) is 1.78. The highest BCUT2D eigenvalue weighted by molar-refractivity contribution is 7.89. The van der Waals surface area contributed by atoms with Crippen molar-refractivity contribution >= 4 is 21.7 Å². The normalized spacial score (nSPS) is 11.3. The SMILES string of the molecule is CCNS(=O)(=O)CCNC(=O)c1ccnc(N)c1F. The predicted molar refractivity (Wildman–Crippen MR) is 68.4 cm³/mol. The number of rotatable bonds is 6. The van der Waals surface area contributed by atoms with Crippen LogP contribution in [-0.2, 0) is 10.0 Å². The molecule has 1 heterocycles. The monoisotopic (exact) mass is 290 g/mol. The number of nitrogens with one attached hydrogen (secondary N) is 2. The first-order valence-corrected chi connectivity index (χ1v) is 7.18. The molecule has 0 unspecified atom stereocenters. The molecular formula is C10H15FN4O3S. The molecular weight excluding hydrogens is 275 g/mol. The molecule has 0 atom stereocenters. The van der Waals surface area contributed by atoms with E-state index < -0.39 is 21.7 Å². The van der Waals surface area contributed by atoms with E-state index in [0.29, 0.717) is 0 Å². The van der Waals surface area contributed by atoms with E-state index in [1.807, 2.05) is 0 Å². The van der Waals surface area contributed by atoms with Gasteiger partial charge in [0, 0.05) is 19.3 Å². The van der Waals surface area contributed by atoms with Crippen molar-refractivity contribution in [1.82, 2.24) is 15.0 Å². The number of nitrogen functional groups attached to an aromatic ring is 1. The van der Waals surface area contributed by atoms with Crippen LogP contribution in [0.15, 0.2) is 12.3 Å². The quantitative estimate of drug-likeness (QED) is 0.652. The average Bonchev–Trinajstić information content (AvgIpc) is 2.32. The van der Waals surface area contributed by atoms with E-state index in [9.17, 15) is 17.6 Å². The number of halogens is 1. The second-order valence-electron chi connectivity index (χ2n) is 3.63.